The summed E-state index contributed by atoms with van der Waals surface area (Å²) in [4.78, 5) is 250. The van der Waals surface area contributed by atoms with Crippen molar-refractivity contribution in [3.8, 4) is 0 Å². The molecular weight excluding hydrogens is 1740 g/mol. The van der Waals surface area contributed by atoms with E-state index in [1.54, 1.807) is 113 Å². The molecule has 3 aliphatic heterocycles. The Balaban J connectivity index is 1.18. The van der Waals surface area contributed by atoms with Crippen LogP contribution in [-0.2, 0) is 96.0 Å². The van der Waals surface area contributed by atoms with Gasteiger partial charge >= 0.3 is 0 Å². The number of thioether (sulfide) groups is 1. The van der Waals surface area contributed by atoms with E-state index >= 15 is 23.6 Å². The first-order valence-corrected chi connectivity index (χ1v) is 46.1. The number of aliphatic imine (C=N–C) groups is 1. The van der Waals surface area contributed by atoms with E-state index in [1.165, 1.54) is 25.9 Å². The Morgan fingerprint density at radius 3 is 1.72 bits per heavy atom. The predicted octanol–water partition coefficient (Wildman–Crippen LogP) is -1.90. The molecular formula is C90H131FN24O17S. The number of hydrogen-bond acceptors (Lipinski definition) is 22. The SMILES string of the molecule is CCCCC1C(=O)NC(CCCNC(=N)N)C(=O)NC(C(=O)NCC(N)=O)CSCC(=O)NC(Cc2ccccc2)C(=O)N(C)C(C)C(=O)NC(CC(N)=O)C(=O)N2CC(F)CC2C(=O)NC(CC2=NC(C)NC2)C(=O)NC(CC(C)C)C(=O)N(C)CC(=O)NC(Cc2c[nH]c3ccccc23)C(=O)NC(CO)C(=O)NC(Cc2c[nH]c3ccccc23)C(=O)N(C)C(CCCC)CN1C. The fraction of sp³-hybridized carbons (Fsp3) is 0.556. The molecule has 43 heteroatoms. The summed E-state index contributed by atoms with van der Waals surface area (Å²) in [5, 5.41) is 52.8. The van der Waals surface area contributed by atoms with E-state index in [1.807, 2.05) is 32.0 Å². The van der Waals surface area contributed by atoms with Gasteiger partial charge in [-0.25, -0.2) is 4.39 Å². The second-order valence-corrected chi connectivity index (χ2v) is 35.6. The van der Waals surface area contributed by atoms with Gasteiger partial charge in [0.2, 0.25) is 94.5 Å². The summed E-state index contributed by atoms with van der Waals surface area (Å²) in [6.45, 7) is 7.38. The van der Waals surface area contributed by atoms with Crippen molar-refractivity contribution < 1.29 is 86.2 Å². The number of aromatic amines is 2. The van der Waals surface area contributed by atoms with Gasteiger partial charge in [-0.2, -0.15) is 0 Å². The Kier molecular flexibility index (Phi) is 40.9. The molecule has 3 aromatic carbocycles. The normalized spacial score (nSPS) is 25.2. The number of amides is 16. The van der Waals surface area contributed by atoms with Crippen molar-refractivity contribution in [3.05, 3.63) is 108 Å². The van der Waals surface area contributed by atoms with Gasteiger partial charge in [-0.3, -0.25) is 97.3 Å². The highest BCUT2D eigenvalue weighted by atomic mass is 32.2. The molecule has 0 bridgehead atoms. The van der Waals surface area contributed by atoms with Gasteiger partial charge in [0.1, 0.15) is 72.6 Å². The number of rotatable bonds is 26. The number of carbonyl (C=O) groups excluding carboxylic acids is 16. The Morgan fingerprint density at radius 2 is 1.12 bits per heavy atom. The summed E-state index contributed by atoms with van der Waals surface area (Å²) in [6.07, 6.45) is 1.43. The van der Waals surface area contributed by atoms with E-state index in [0.717, 1.165) is 26.5 Å². The minimum absolute atomic E-state index is 0.0269. The van der Waals surface area contributed by atoms with Crippen molar-refractivity contribution in [1.29, 1.82) is 5.41 Å². The minimum Gasteiger partial charge on any atom is -0.394 e. The van der Waals surface area contributed by atoms with Gasteiger partial charge < -0.3 is 110 Å². The zero-order valence-electron chi connectivity index (χ0n) is 77.0. The number of aromatic nitrogens is 2. The van der Waals surface area contributed by atoms with Gasteiger partial charge in [0.25, 0.3) is 0 Å². The number of unbranched alkanes of at least 4 members (excludes halogenated alkanes) is 2. The molecule has 726 valence electrons. The highest BCUT2D eigenvalue weighted by Crippen LogP contribution is 2.27. The Morgan fingerprint density at radius 1 is 0.571 bits per heavy atom. The third-order valence-electron chi connectivity index (χ3n) is 23.6. The molecule has 15 unspecified atom stereocenters. The standard InChI is InChI=1S/C90H131FN24O17S/c1-11-13-25-58-45-111(7)72(31-14-12-2)84(127)104-63(30-22-32-96-90(94)95)80(123)110-71(79(122)100-43-75(93)118)48-133-49-77(120)103-67(34-53-23-16-15-17-24-53)87(130)113(9)51(5)78(121)106-69(39-74(92)117)89(132)115-44-56(91)37-73(115)85(128)105-65(38-57-42-97-52(6)101-57)82(125)107-66(33-50(3)4)86(129)112(8)46-76(119)102-64(35-54-40-98-61-28-20-18-26-59(54)61)81(124)109-70(47-116)83(126)108-68(88(131)114(58)10)36-55-41-99-62-29-21-19-27-60(55)62/h15-21,23-24,26-29,40-41,50-52,56,58,63-73,97-99,116H,11-14,22,25,30-39,42-49H2,1-10H3,(H2,92,117)(H2,93,118)(H,100,122)(H,102,119)(H,103,120)(H,104,127)(H,105,128)(H,106,121)(H,107,125)(H,108,126)(H,109,124)(H,110,123)(H4,94,95,96). The number of para-hydroxylation sites is 2. The molecule has 2 fully saturated rings. The summed E-state index contributed by atoms with van der Waals surface area (Å²) in [7, 11) is 5.74. The molecule has 41 nitrogen and oxygen atoms in total. The molecule has 0 aliphatic carbocycles. The fourth-order valence-corrected chi connectivity index (χ4v) is 17.1. The van der Waals surface area contributed by atoms with Crippen molar-refractivity contribution in [3.63, 3.8) is 0 Å². The first kappa shape index (κ1) is 106. The molecule has 5 aromatic rings. The van der Waals surface area contributed by atoms with Gasteiger partial charge in [0.05, 0.1) is 50.6 Å². The first-order chi connectivity index (χ1) is 63.3. The number of alkyl halides is 1. The van der Waals surface area contributed by atoms with Crippen LogP contribution in [-0.4, -0.2) is 322 Å². The number of nitrogens with zero attached hydrogens (tertiary/aromatic N) is 6. The molecule has 133 heavy (non-hydrogen) atoms. The van der Waals surface area contributed by atoms with Crippen molar-refractivity contribution in [2.75, 3.05) is 85.6 Å². The molecule has 8 rings (SSSR count). The number of aliphatic hydroxyl groups is 1. The number of carbonyl (C=O) groups is 16. The van der Waals surface area contributed by atoms with Crippen LogP contribution in [0.3, 0.4) is 0 Å². The molecule has 5 heterocycles. The van der Waals surface area contributed by atoms with E-state index in [9.17, 15) is 62.6 Å². The van der Waals surface area contributed by atoms with Crippen molar-refractivity contribution in [2.45, 2.75) is 229 Å². The number of aliphatic hydroxyl groups excluding tert-OH is 1. The highest BCUT2D eigenvalue weighted by Gasteiger charge is 2.46. The second-order valence-electron chi connectivity index (χ2n) is 34.6. The number of benzene rings is 3. The number of nitrogens with two attached hydrogens (primary N) is 3. The zero-order chi connectivity index (χ0) is 97.4. The van der Waals surface area contributed by atoms with Crippen LogP contribution in [0.5, 0.6) is 0 Å². The maximum absolute atomic E-state index is 16.0. The van der Waals surface area contributed by atoms with Crippen molar-refractivity contribution in [2.24, 2.45) is 28.1 Å². The minimum atomic E-state index is -1.90. The molecule has 2 saturated heterocycles. The van der Waals surface area contributed by atoms with Gasteiger partial charge in [-0.1, -0.05) is 120 Å². The van der Waals surface area contributed by atoms with Gasteiger partial charge in [0.15, 0.2) is 5.96 Å². The number of likely N-dealkylation sites (N-methyl/N-ethyl adjacent to an activating group) is 4. The van der Waals surface area contributed by atoms with Crippen molar-refractivity contribution in [1.82, 2.24) is 98.3 Å². The average Bonchev–Trinajstić information content (AvgIpc) is 1.71. The van der Waals surface area contributed by atoms with Crippen LogP contribution in [0.1, 0.15) is 135 Å². The quantitative estimate of drug-likeness (QED) is 0.0163. The van der Waals surface area contributed by atoms with Crippen molar-refractivity contribution >= 4 is 140 Å². The Labute approximate surface area is 776 Å². The number of hydrogen-bond donors (Lipinski definition) is 19. The number of guanidine groups is 1. The third kappa shape index (κ3) is 31.5. The molecule has 15 atom stereocenters. The van der Waals surface area contributed by atoms with Crippen LogP contribution in [0.25, 0.3) is 21.8 Å². The fourth-order valence-electron chi connectivity index (χ4n) is 16.3. The maximum Gasteiger partial charge on any atom is 0.246 e. The van der Waals surface area contributed by atoms with Gasteiger partial charge in [-0.05, 0) is 87.7 Å². The highest BCUT2D eigenvalue weighted by molar-refractivity contribution is 8.00. The average molecular weight is 1870 g/mol. The van der Waals surface area contributed by atoms with Crippen LogP contribution in [0, 0.1) is 11.3 Å². The number of H-pyrrole nitrogens is 2. The number of halogens is 1. The van der Waals surface area contributed by atoms with E-state index in [-0.39, 0.29) is 88.6 Å². The van der Waals surface area contributed by atoms with Crippen LogP contribution in [0.4, 0.5) is 4.39 Å². The molecule has 16 amide bonds. The van der Waals surface area contributed by atoms with Gasteiger partial charge in [0, 0.05) is 125 Å². The summed E-state index contributed by atoms with van der Waals surface area (Å²) in [5.74, 6) is -16.4. The largest absolute Gasteiger partial charge is 0.394 e. The predicted molar refractivity (Wildman–Crippen MR) is 497 cm³/mol. The summed E-state index contributed by atoms with van der Waals surface area (Å²) in [6, 6.07) is 3.70. The maximum atomic E-state index is 16.0. The molecule has 22 N–H and O–H groups in total. The molecule has 0 radical (unpaired) electrons. The molecule has 0 spiro atoms. The van der Waals surface area contributed by atoms with Crippen LogP contribution >= 0.6 is 11.8 Å². The number of primary amides is 2. The monoisotopic (exact) mass is 1870 g/mol. The van der Waals surface area contributed by atoms with Crippen LogP contribution in [0.2, 0.25) is 0 Å². The first-order valence-electron chi connectivity index (χ1n) is 45.0. The van der Waals surface area contributed by atoms with Crippen LogP contribution < -0.4 is 81.0 Å². The lowest BCUT2D eigenvalue weighted by atomic mass is 10.0. The van der Waals surface area contributed by atoms with Crippen LogP contribution in [0.15, 0.2) is 96.2 Å². The molecule has 3 aliphatic rings. The Hall–Kier alpha value is -12.6. The topological polar surface area (TPSA) is 600 Å². The summed E-state index contributed by atoms with van der Waals surface area (Å²) >= 11 is 0.811. The lowest BCUT2D eigenvalue weighted by molar-refractivity contribution is -0.145. The number of nitrogens with one attached hydrogen (secondary N) is 15. The van der Waals surface area contributed by atoms with E-state index in [4.69, 9.17) is 22.6 Å². The molecule has 0 saturated carbocycles. The Bertz CT molecular complexity index is 4960. The second kappa shape index (κ2) is 51.4. The smallest absolute Gasteiger partial charge is 0.246 e. The lowest BCUT2D eigenvalue weighted by Crippen LogP contribution is -2.60. The summed E-state index contributed by atoms with van der Waals surface area (Å²) < 4.78 is 16.0. The zero-order valence-corrected chi connectivity index (χ0v) is 77.9. The van der Waals surface area contributed by atoms with E-state index < -0.39 is 230 Å². The third-order valence-corrected chi connectivity index (χ3v) is 24.7. The molecule has 2 aromatic heterocycles. The lowest BCUT2D eigenvalue weighted by Gasteiger charge is -2.37. The van der Waals surface area contributed by atoms with E-state index in [0.29, 0.717) is 76.3 Å². The summed E-state index contributed by atoms with van der Waals surface area (Å²) in [5.41, 5.74) is 20.2. The van der Waals surface area contributed by atoms with E-state index in [2.05, 4.69) is 78.8 Å². The van der Waals surface area contributed by atoms with Gasteiger partial charge in [-0.15, -0.1) is 11.8 Å². The number of fused-ring (bicyclic) bond motifs is 3.